The monoisotopic (exact) mass is 332 g/mol. The van der Waals surface area contributed by atoms with E-state index in [4.69, 9.17) is 9.47 Å². The number of carboxylic acid groups (broad SMARTS) is 1. The van der Waals surface area contributed by atoms with E-state index in [2.05, 4.69) is 0 Å². The molecule has 0 spiro atoms. The average molecular weight is 332 g/mol. The van der Waals surface area contributed by atoms with Gasteiger partial charge in [0, 0.05) is 10.6 Å². The highest BCUT2D eigenvalue weighted by atomic mass is 32.2. The standard InChI is InChI=1S/C17H16O5S/c1-21-12-8-11(10-23-13-6-4-3-5-7-13)15(17(20)22-2)14(9-12)16(18)19/h3-9H,10H2,1-2H3,(H,18,19). The Balaban J connectivity index is 2.44. The molecule has 0 bridgehead atoms. The van der Waals surface area contributed by atoms with Gasteiger partial charge in [-0.1, -0.05) is 18.2 Å². The van der Waals surface area contributed by atoms with Crippen molar-refractivity contribution in [3.05, 3.63) is 59.2 Å². The van der Waals surface area contributed by atoms with Crippen LogP contribution in [0.3, 0.4) is 0 Å². The Bertz CT molecular complexity index is 712. The molecule has 0 atom stereocenters. The Morgan fingerprint density at radius 3 is 2.39 bits per heavy atom. The zero-order chi connectivity index (χ0) is 16.8. The van der Waals surface area contributed by atoms with Crippen LogP contribution < -0.4 is 4.74 Å². The van der Waals surface area contributed by atoms with Crippen molar-refractivity contribution in [1.82, 2.24) is 0 Å². The third-order valence-corrected chi connectivity index (χ3v) is 4.25. The molecule has 0 heterocycles. The molecular formula is C17H16O5S. The summed E-state index contributed by atoms with van der Waals surface area (Å²) in [6, 6.07) is 12.6. The van der Waals surface area contributed by atoms with Crippen molar-refractivity contribution >= 4 is 23.7 Å². The van der Waals surface area contributed by atoms with Gasteiger partial charge in [0.2, 0.25) is 0 Å². The highest BCUT2D eigenvalue weighted by molar-refractivity contribution is 7.98. The van der Waals surface area contributed by atoms with Crippen LogP contribution in [0.1, 0.15) is 26.3 Å². The van der Waals surface area contributed by atoms with E-state index < -0.39 is 11.9 Å². The van der Waals surface area contributed by atoms with Crippen molar-refractivity contribution in [2.45, 2.75) is 10.6 Å². The van der Waals surface area contributed by atoms with Crippen LogP contribution in [0.4, 0.5) is 0 Å². The Morgan fingerprint density at radius 1 is 1.13 bits per heavy atom. The Kier molecular flexibility index (Phi) is 5.65. The van der Waals surface area contributed by atoms with E-state index in [1.165, 1.54) is 32.0 Å². The third kappa shape index (κ3) is 4.04. The molecule has 2 aromatic rings. The second kappa shape index (κ2) is 7.69. The van der Waals surface area contributed by atoms with Gasteiger partial charge in [0.15, 0.2) is 0 Å². The number of hydrogen-bond donors (Lipinski definition) is 1. The minimum atomic E-state index is -1.20. The molecule has 0 unspecified atom stereocenters. The quantitative estimate of drug-likeness (QED) is 0.645. The summed E-state index contributed by atoms with van der Waals surface area (Å²) in [5, 5.41) is 9.37. The maximum absolute atomic E-state index is 12.0. The number of carbonyl (C=O) groups excluding carboxylic acids is 1. The minimum absolute atomic E-state index is 0.0595. The maximum atomic E-state index is 12.0. The number of esters is 1. The number of hydrogen-bond acceptors (Lipinski definition) is 5. The van der Waals surface area contributed by atoms with Crippen molar-refractivity contribution in [3.8, 4) is 5.75 Å². The molecular weight excluding hydrogens is 316 g/mol. The molecule has 0 radical (unpaired) electrons. The fraction of sp³-hybridized carbons (Fsp3) is 0.176. The van der Waals surface area contributed by atoms with Gasteiger partial charge in [-0.3, -0.25) is 0 Å². The van der Waals surface area contributed by atoms with Crippen LogP contribution in [-0.4, -0.2) is 31.3 Å². The molecule has 0 saturated carbocycles. The molecule has 2 aromatic carbocycles. The largest absolute Gasteiger partial charge is 0.497 e. The zero-order valence-electron chi connectivity index (χ0n) is 12.7. The first kappa shape index (κ1) is 16.9. The predicted molar refractivity (Wildman–Crippen MR) is 87.3 cm³/mol. The minimum Gasteiger partial charge on any atom is -0.497 e. The molecule has 120 valence electrons. The summed E-state index contributed by atoms with van der Waals surface area (Å²) < 4.78 is 9.88. The van der Waals surface area contributed by atoms with Gasteiger partial charge in [-0.2, -0.15) is 0 Å². The van der Waals surface area contributed by atoms with Crippen LogP contribution >= 0.6 is 11.8 Å². The number of aromatic carboxylic acids is 1. The van der Waals surface area contributed by atoms with Crippen molar-refractivity contribution in [2.75, 3.05) is 14.2 Å². The molecule has 2 rings (SSSR count). The van der Waals surface area contributed by atoms with Gasteiger partial charge in [-0.25, -0.2) is 9.59 Å². The fourth-order valence-electron chi connectivity index (χ4n) is 2.09. The number of benzene rings is 2. The van der Waals surface area contributed by atoms with E-state index in [0.717, 1.165) is 4.90 Å². The second-order valence-electron chi connectivity index (χ2n) is 4.61. The van der Waals surface area contributed by atoms with Gasteiger partial charge in [0.25, 0.3) is 0 Å². The predicted octanol–water partition coefficient (Wildman–Crippen LogP) is 3.47. The molecule has 0 amide bonds. The van der Waals surface area contributed by atoms with E-state index >= 15 is 0 Å². The van der Waals surface area contributed by atoms with Crippen LogP contribution in [0.5, 0.6) is 5.75 Å². The van der Waals surface area contributed by atoms with Crippen molar-refractivity contribution in [3.63, 3.8) is 0 Å². The second-order valence-corrected chi connectivity index (χ2v) is 5.66. The highest BCUT2D eigenvalue weighted by Gasteiger charge is 2.23. The lowest BCUT2D eigenvalue weighted by molar-refractivity contribution is 0.0581. The Hall–Kier alpha value is -2.47. The SMILES string of the molecule is COC(=O)c1c(CSc2ccccc2)cc(OC)cc1C(=O)O. The van der Waals surface area contributed by atoms with E-state index in [-0.39, 0.29) is 11.1 Å². The summed E-state index contributed by atoms with van der Waals surface area (Å²) >= 11 is 1.50. The summed E-state index contributed by atoms with van der Waals surface area (Å²) in [7, 11) is 2.68. The highest BCUT2D eigenvalue weighted by Crippen LogP contribution is 2.30. The summed E-state index contributed by atoms with van der Waals surface area (Å²) in [5.41, 5.74) is 0.492. The fourth-order valence-corrected chi connectivity index (χ4v) is 2.99. The lowest BCUT2D eigenvalue weighted by Crippen LogP contribution is -2.13. The molecule has 0 aliphatic heterocycles. The number of carbonyl (C=O) groups is 2. The molecule has 0 aromatic heterocycles. The third-order valence-electron chi connectivity index (χ3n) is 3.19. The van der Waals surface area contributed by atoms with E-state index in [0.29, 0.717) is 17.1 Å². The van der Waals surface area contributed by atoms with Crippen LogP contribution in [0.25, 0.3) is 0 Å². The molecule has 0 fully saturated rings. The van der Waals surface area contributed by atoms with E-state index in [1.807, 2.05) is 30.3 Å². The summed E-state index contributed by atoms with van der Waals surface area (Å²) in [6.07, 6.45) is 0. The van der Waals surface area contributed by atoms with Gasteiger partial charge in [0.05, 0.1) is 25.3 Å². The Labute approximate surface area is 138 Å². The topological polar surface area (TPSA) is 72.8 Å². The van der Waals surface area contributed by atoms with Crippen molar-refractivity contribution < 1.29 is 24.2 Å². The summed E-state index contributed by atoms with van der Waals surface area (Å²) in [5.74, 6) is -1.06. The first-order valence-corrected chi connectivity index (χ1v) is 7.75. The van der Waals surface area contributed by atoms with E-state index in [9.17, 15) is 14.7 Å². The van der Waals surface area contributed by atoms with Gasteiger partial charge >= 0.3 is 11.9 Å². The Morgan fingerprint density at radius 2 is 1.83 bits per heavy atom. The number of carboxylic acids is 1. The molecule has 0 aliphatic rings. The lowest BCUT2D eigenvalue weighted by atomic mass is 10.0. The number of rotatable bonds is 6. The smallest absolute Gasteiger partial charge is 0.339 e. The molecule has 0 aliphatic carbocycles. The van der Waals surface area contributed by atoms with Gasteiger partial charge in [0.1, 0.15) is 5.75 Å². The lowest BCUT2D eigenvalue weighted by Gasteiger charge is -2.13. The van der Waals surface area contributed by atoms with E-state index in [1.54, 1.807) is 6.07 Å². The number of thioether (sulfide) groups is 1. The number of methoxy groups -OCH3 is 2. The first-order chi connectivity index (χ1) is 11.1. The van der Waals surface area contributed by atoms with Gasteiger partial charge < -0.3 is 14.6 Å². The van der Waals surface area contributed by atoms with Crippen LogP contribution in [-0.2, 0) is 10.5 Å². The van der Waals surface area contributed by atoms with Crippen LogP contribution in [0.15, 0.2) is 47.4 Å². The zero-order valence-corrected chi connectivity index (χ0v) is 13.6. The van der Waals surface area contributed by atoms with Crippen molar-refractivity contribution in [1.29, 1.82) is 0 Å². The molecule has 0 saturated heterocycles. The average Bonchev–Trinajstić information content (AvgIpc) is 2.59. The first-order valence-electron chi connectivity index (χ1n) is 6.77. The maximum Gasteiger partial charge on any atom is 0.339 e. The van der Waals surface area contributed by atoms with Gasteiger partial charge in [-0.15, -0.1) is 11.8 Å². The molecule has 23 heavy (non-hydrogen) atoms. The molecule has 6 heteroatoms. The molecule has 5 nitrogen and oxygen atoms in total. The molecule has 1 N–H and O–H groups in total. The number of ether oxygens (including phenoxy) is 2. The van der Waals surface area contributed by atoms with Crippen LogP contribution in [0, 0.1) is 0 Å². The van der Waals surface area contributed by atoms with Gasteiger partial charge in [-0.05, 0) is 29.8 Å². The summed E-state index contributed by atoms with van der Waals surface area (Å²) in [4.78, 5) is 24.5. The summed E-state index contributed by atoms with van der Waals surface area (Å²) in [6.45, 7) is 0. The van der Waals surface area contributed by atoms with Crippen LogP contribution in [0.2, 0.25) is 0 Å². The normalized spacial score (nSPS) is 10.2. The van der Waals surface area contributed by atoms with Crippen molar-refractivity contribution in [2.24, 2.45) is 0 Å².